The second-order valence-corrected chi connectivity index (χ2v) is 6.08. The number of H-pyrrole nitrogens is 1. The van der Waals surface area contributed by atoms with Crippen LogP contribution < -0.4 is 5.32 Å². The second-order valence-electron chi connectivity index (χ2n) is 4.28. The van der Waals surface area contributed by atoms with Crippen LogP contribution in [0.3, 0.4) is 0 Å². The largest absolute Gasteiger partial charge is 0.317 e. The first-order chi connectivity index (χ1) is 9.65. The van der Waals surface area contributed by atoms with Crippen molar-refractivity contribution >= 4 is 34.3 Å². The van der Waals surface area contributed by atoms with Crippen LogP contribution in [0.25, 0.3) is 9.88 Å². The number of rotatable bonds is 3. The van der Waals surface area contributed by atoms with Crippen LogP contribution in [0.1, 0.15) is 21.9 Å². The number of nitrogens with one attached hydrogen (secondary N) is 2. The molecule has 0 aromatic carbocycles. The van der Waals surface area contributed by atoms with Crippen LogP contribution in [0.4, 0.5) is 5.69 Å². The summed E-state index contributed by atoms with van der Waals surface area (Å²) in [5.74, 6) is -0.211. The van der Waals surface area contributed by atoms with Crippen molar-refractivity contribution < 1.29 is 4.79 Å². The number of aryl methyl sites for hydroxylation is 2. The average Bonchev–Trinajstić information content (AvgIpc) is 3.14. The molecule has 0 radical (unpaired) electrons. The van der Waals surface area contributed by atoms with E-state index in [0.29, 0.717) is 5.69 Å². The SMILES string of the molecule is Cc1n[nH]c(C)c1NC(=O)c1csc(-c2cccs2)n1. The standard InChI is InChI=1S/C13H12N4OS2/c1-7-11(8(2)17-16-7)15-12(18)9-6-20-13(14-9)10-4-3-5-19-10/h3-6H,1-2H3,(H,15,18)(H,16,17). The monoisotopic (exact) mass is 304 g/mol. The maximum absolute atomic E-state index is 12.2. The van der Waals surface area contributed by atoms with E-state index in [9.17, 15) is 4.79 Å². The number of carbonyl (C=O) groups is 1. The van der Waals surface area contributed by atoms with Crippen molar-refractivity contribution in [2.75, 3.05) is 5.32 Å². The van der Waals surface area contributed by atoms with Crippen LogP contribution in [0, 0.1) is 13.8 Å². The van der Waals surface area contributed by atoms with Gasteiger partial charge in [0.25, 0.3) is 5.91 Å². The first-order valence-electron chi connectivity index (χ1n) is 5.97. The molecular weight excluding hydrogens is 292 g/mol. The molecule has 3 aromatic rings. The quantitative estimate of drug-likeness (QED) is 0.778. The van der Waals surface area contributed by atoms with Gasteiger partial charge in [0.2, 0.25) is 0 Å². The fraction of sp³-hybridized carbons (Fsp3) is 0.154. The molecule has 0 spiro atoms. The zero-order valence-electron chi connectivity index (χ0n) is 10.9. The molecule has 0 atom stereocenters. The Hall–Kier alpha value is -1.99. The molecule has 0 fully saturated rings. The van der Waals surface area contributed by atoms with Gasteiger partial charge in [-0.2, -0.15) is 5.10 Å². The molecule has 0 aliphatic heterocycles. The number of aromatic nitrogens is 3. The minimum atomic E-state index is -0.211. The van der Waals surface area contributed by atoms with E-state index in [1.165, 1.54) is 11.3 Å². The first kappa shape index (κ1) is 13.0. The van der Waals surface area contributed by atoms with Gasteiger partial charge in [0.05, 0.1) is 22.0 Å². The van der Waals surface area contributed by atoms with E-state index in [2.05, 4.69) is 20.5 Å². The van der Waals surface area contributed by atoms with Gasteiger partial charge in [-0.3, -0.25) is 9.89 Å². The van der Waals surface area contributed by atoms with Crippen molar-refractivity contribution in [1.29, 1.82) is 0 Å². The van der Waals surface area contributed by atoms with Gasteiger partial charge in [0.1, 0.15) is 10.7 Å². The molecule has 0 unspecified atom stereocenters. The van der Waals surface area contributed by atoms with E-state index < -0.39 is 0 Å². The van der Waals surface area contributed by atoms with Crippen molar-refractivity contribution in [2.24, 2.45) is 0 Å². The maximum Gasteiger partial charge on any atom is 0.275 e. The number of amides is 1. The third-order valence-electron chi connectivity index (χ3n) is 2.84. The molecule has 0 bridgehead atoms. The van der Waals surface area contributed by atoms with E-state index in [1.54, 1.807) is 16.7 Å². The molecule has 7 heteroatoms. The number of aromatic amines is 1. The highest BCUT2D eigenvalue weighted by Gasteiger charge is 2.15. The molecule has 3 rings (SSSR count). The van der Waals surface area contributed by atoms with Gasteiger partial charge in [0, 0.05) is 5.38 Å². The minimum absolute atomic E-state index is 0.211. The topological polar surface area (TPSA) is 70.7 Å². The normalized spacial score (nSPS) is 10.7. The zero-order valence-corrected chi connectivity index (χ0v) is 12.6. The van der Waals surface area contributed by atoms with Gasteiger partial charge in [-0.1, -0.05) is 6.07 Å². The Morgan fingerprint density at radius 3 is 2.85 bits per heavy atom. The van der Waals surface area contributed by atoms with Crippen LogP contribution in [0.2, 0.25) is 0 Å². The van der Waals surface area contributed by atoms with Crippen LogP contribution >= 0.6 is 22.7 Å². The van der Waals surface area contributed by atoms with Crippen molar-refractivity contribution in [3.8, 4) is 9.88 Å². The summed E-state index contributed by atoms with van der Waals surface area (Å²) in [5.41, 5.74) is 2.76. The second kappa shape index (κ2) is 5.18. The molecule has 3 aromatic heterocycles. The number of carbonyl (C=O) groups excluding carboxylic acids is 1. The Balaban J connectivity index is 1.82. The third kappa shape index (κ3) is 2.37. The van der Waals surface area contributed by atoms with Gasteiger partial charge < -0.3 is 5.32 Å². The summed E-state index contributed by atoms with van der Waals surface area (Å²) in [6.07, 6.45) is 0. The number of anilines is 1. The molecule has 0 saturated carbocycles. The Bertz CT molecular complexity index is 723. The highest BCUT2D eigenvalue weighted by molar-refractivity contribution is 7.20. The van der Waals surface area contributed by atoms with Crippen LogP contribution in [0.15, 0.2) is 22.9 Å². The lowest BCUT2D eigenvalue weighted by Gasteiger charge is -2.02. The molecule has 0 saturated heterocycles. The summed E-state index contributed by atoms with van der Waals surface area (Å²) in [4.78, 5) is 17.6. The first-order valence-corrected chi connectivity index (χ1v) is 7.73. The molecular formula is C13H12N4OS2. The molecule has 5 nitrogen and oxygen atoms in total. The van der Waals surface area contributed by atoms with Gasteiger partial charge in [-0.05, 0) is 25.3 Å². The van der Waals surface area contributed by atoms with Gasteiger partial charge in [0.15, 0.2) is 0 Å². The fourth-order valence-corrected chi connectivity index (χ4v) is 3.42. The molecule has 0 aliphatic carbocycles. The summed E-state index contributed by atoms with van der Waals surface area (Å²) < 4.78 is 0. The Morgan fingerprint density at radius 1 is 1.35 bits per heavy atom. The van der Waals surface area contributed by atoms with Gasteiger partial charge >= 0.3 is 0 Å². The highest BCUT2D eigenvalue weighted by atomic mass is 32.1. The van der Waals surface area contributed by atoms with E-state index in [1.807, 2.05) is 31.4 Å². The van der Waals surface area contributed by atoms with Crippen molar-refractivity contribution in [2.45, 2.75) is 13.8 Å². The lowest BCUT2D eigenvalue weighted by atomic mass is 10.3. The summed E-state index contributed by atoms with van der Waals surface area (Å²) in [5, 5.41) is 14.4. The van der Waals surface area contributed by atoms with Gasteiger partial charge in [-0.25, -0.2) is 4.98 Å². The smallest absolute Gasteiger partial charge is 0.275 e. The van der Waals surface area contributed by atoms with E-state index in [4.69, 9.17) is 0 Å². The molecule has 2 N–H and O–H groups in total. The summed E-state index contributed by atoms with van der Waals surface area (Å²) in [7, 11) is 0. The van der Waals surface area contributed by atoms with Crippen LogP contribution in [-0.2, 0) is 0 Å². The van der Waals surface area contributed by atoms with E-state index in [0.717, 1.165) is 27.0 Å². The molecule has 102 valence electrons. The highest BCUT2D eigenvalue weighted by Crippen LogP contribution is 2.28. The Morgan fingerprint density at radius 2 is 2.20 bits per heavy atom. The number of hydrogen-bond acceptors (Lipinski definition) is 5. The maximum atomic E-state index is 12.2. The summed E-state index contributed by atoms with van der Waals surface area (Å²) in [6.45, 7) is 3.71. The molecule has 1 amide bonds. The zero-order chi connectivity index (χ0) is 14.1. The minimum Gasteiger partial charge on any atom is -0.317 e. The fourth-order valence-electron chi connectivity index (χ4n) is 1.80. The summed E-state index contributed by atoms with van der Waals surface area (Å²) in [6, 6.07) is 3.97. The average molecular weight is 304 g/mol. The van der Waals surface area contributed by atoms with E-state index >= 15 is 0 Å². The number of thiophene rings is 1. The lowest BCUT2D eigenvalue weighted by Crippen LogP contribution is -2.13. The van der Waals surface area contributed by atoms with Crippen molar-refractivity contribution in [3.63, 3.8) is 0 Å². The number of hydrogen-bond donors (Lipinski definition) is 2. The molecule has 3 heterocycles. The summed E-state index contributed by atoms with van der Waals surface area (Å²) >= 11 is 3.08. The molecule has 0 aliphatic rings. The van der Waals surface area contributed by atoms with Crippen molar-refractivity contribution in [3.05, 3.63) is 40.0 Å². The van der Waals surface area contributed by atoms with Crippen LogP contribution in [0.5, 0.6) is 0 Å². The Kier molecular flexibility index (Phi) is 3.37. The van der Waals surface area contributed by atoms with Crippen molar-refractivity contribution in [1.82, 2.24) is 15.2 Å². The van der Waals surface area contributed by atoms with E-state index in [-0.39, 0.29) is 5.91 Å². The number of thiazole rings is 1. The number of nitrogens with zero attached hydrogens (tertiary/aromatic N) is 2. The Labute approximate surface area is 123 Å². The predicted octanol–water partition coefficient (Wildman–Crippen LogP) is 3.46. The van der Waals surface area contributed by atoms with Crippen LogP contribution in [-0.4, -0.2) is 21.1 Å². The predicted molar refractivity (Wildman–Crippen MR) is 81.4 cm³/mol. The lowest BCUT2D eigenvalue weighted by molar-refractivity contribution is 0.102. The molecule has 20 heavy (non-hydrogen) atoms. The third-order valence-corrected chi connectivity index (χ3v) is 4.72. The van der Waals surface area contributed by atoms with Gasteiger partial charge in [-0.15, -0.1) is 22.7 Å².